The smallest absolute Gasteiger partial charge is 0.387 e. The second-order valence-corrected chi connectivity index (χ2v) is 6.09. The van der Waals surface area contributed by atoms with E-state index in [1.807, 2.05) is 0 Å². The molecule has 2 N–H and O–H groups in total. The molecular weight excluding hydrogens is 337 g/mol. The number of nitrogens with zero attached hydrogens (tertiary/aromatic N) is 1. The first-order valence-corrected chi connectivity index (χ1v) is 8.19. The molecule has 2 amide bonds. The maximum Gasteiger partial charge on any atom is 0.416 e. The largest absolute Gasteiger partial charge is 0.416 e. The number of aliphatic hydroxyl groups is 1. The van der Waals surface area contributed by atoms with Crippen LogP contribution in [0.2, 0.25) is 0 Å². The number of aliphatic hydroxyl groups excluding tert-OH is 1. The summed E-state index contributed by atoms with van der Waals surface area (Å²) in [5.74, 6) is -1.29. The molecule has 138 valence electrons. The average molecular weight is 358 g/mol. The zero-order valence-electron chi connectivity index (χ0n) is 13.7. The highest BCUT2D eigenvalue weighted by Crippen LogP contribution is 2.31. The van der Waals surface area contributed by atoms with Gasteiger partial charge in [0.05, 0.1) is 5.56 Å². The molecule has 5 nitrogen and oxygen atoms in total. The maximum atomic E-state index is 12.9. The number of nitrogens with one attached hydrogen (secondary N) is 1. The zero-order valence-corrected chi connectivity index (χ0v) is 13.7. The minimum absolute atomic E-state index is 0.0221. The second-order valence-electron chi connectivity index (χ2n) is 6.09. The Bertz CT molecular complexity index is 613. The van der Waals surface area contributed by atoms with Crippen molar-refractivity contribution in [3.8, 4) is 0 Å². The van der Waals surface area contributed by atoms with Crippen molar-refractivity contribution in [2.75, 3.05) is 18.1 Å². The molecule has 0 spiro atoms. The van der Waals surface area contributed by atoms with E-state index < -0.39 is 36.7 Å². The molecule has 0 radical (unpaired) electrons. The second kappa shape index (κ2) is 8.33. The van der Waals surface area contributed by atoms with Gasteiger partial charge in [-0.25, -0.2) is 0 Å². The van der Waals surface area contributed by atoms with Gasteiger partial charge in [-0.3, -0.25) is 9.59 Å². The van der Waals surface area contributed by atoms with E-state index in [1.54, 1.807) is 0 Å². The first-order valence-electron chi connectivity index (χ1n) is 8.19. The normalized spacial score (nSPS) is 15.7. The molecule has 1 aromatic carbocycles. The molecular formula is C17H21F3N2O3. The Balaban J connectivity index is 2.13. The Morgan fingerprint density at radius 3 is 2.48 bits per heavy atom. The van der Waals surface area contributed by atoms with Crippen LogP contribution in [0.25, 0.3) is 0 Å². The minimum atomic E-state index is -4.56. The number of benzene rings is 1. The quantitative estimate of drug-likeness (QED) is 0.850. The minimum Gasteiger partial charge on any atom is -0.387 e. The number of carbonyl (C=O) groups excluding carboxylic acids is 2. The molecule has 8 heteroatoms. The predicted octanol–water partition coefficient (Wildman–Crippen LogP) is 2.48. The van der Waals surface area contributed by atoms with Gasteiger partial charge in [0.15, 0.2) is 0 Å². The van der Waals surface area contributed by atoms with Gasteiger partial charge in [-0.2, -0.15) is 13.2 Å². The van der Waals surface area contributed by atoms with Gasteiger partial charge >= 0.3 is 6.18 Å². The molecule has 0 atom stereocenters. The van der Waals surface area contributed by atoms with Crippen LogP contribution in [0.1, 0.15) is 37.7 Å². The summed E-state index contributed by atoms with van der Waals surface area (Å²) in [5.41, 5.74) is -0.999. The topological polar surface area (TPSA) is 69.6 Å². The molecule has 1 aromatic rings. The third-order valence-electron chi connectivity index (χ3n) is 4.19. The number of anilines is 1. The summed E-state index contributed by atoms with van der Waals surface area (Å²) >= 11 is 0. The number of halogens is 3. The molecule has 0 unspecified atom stereocenters. The average Bonchev–Trinajstić information content (AvgIpc) is 2.59. The first kappa shape index (κ1) is 19.2. The van der Waals surface area contributed by atoms with Gasteiger partial charge < -0.3 is 15.3 Å². The lowest BCUT2D eigenvalue weighted by Gasteiger charge is -2.26. The summed E-state index contributed by atoms with van der Waals surface area (Å²) in [6, 6.07) is 4.16. The number of hydrogen-bond donors (Lipinski definition) is 2. The Labute approximate surface area is 143 Å². The van der Waals surface area contributed by atoms with E-state index in [4.69, 9.17) is 5.11 Å². The van der Waals surface area contributed by atoms with Crippen LogP contribution in [0.4, 0.5) is 18.9 Å². The van der Waals surface area contributed by atoms with Gasteiger partial charge in [-0.05, 0) is 31.0 Å². The Morgan fingerprint density at radius 2 is 1.88 bits per heavy atom. The summed E-state index contributed by atoms with van der Waals surface area (Å²) in [6.45, 7) is -1.33. The fourth-order valence-electron chi connectivity index (χ4n) is 2.92. The monoisotopic (exact) mass is 358 g/mol. The molecule has 0 bridgehead atoms. The van der Waals surface area contributed by atoms with Crippen molar-refractivity contribution in [3.63, 3.8) is 0 Å². The van der Waals surface area contributed by atoms with Crippen LogP contribution in [0.3, 0.4) is 0 Å². The maximum absolute atomic E-state index is 12.9. The van der Waals surface area contributed by atoms with Gasteiger partial charge in [0.25, 0.3) is 5.91 Å². The Morgan fingerprint density at radius 1 is 1.20 bits per heavy atom. The molecule has 0 saturated heterocycles. The van der Waals surface area contributed by atoms with E-state index in [0.717, 1.165) is 55.2 Å². The molecule has 0 aliphatic heterocycles. The van der Waals surface area contributed by atoms with Gasteiger partial charge in [0.2, 0.25) is 5.91 Å². The van der Waals surface area contributed by atoms with Gasteiger partial charge in [0.1, 0.15) is 13.2 Å². The molecule has 1 fully saturated rings. The van der Waals surface area contributed by atoms with E-state index in [0.29, 0.717) is 0 Å². The SMILES string of the molecule is O=C(CN(C(=O)CO)c1cccc(C(F)(F)F)c1)NC1CCCCC1. The first-order chi connectivity index (χ1) is 11.8. The van der Waals surface area contributed by atoms with Crippen molar-refractivity contribution < 1.29 is 27.9 Å². The molecule has 2 rings (SSSR count). The summed E-state index contributed by atoms with van der Waals surface area (Å²) in [6.07, 6.45) is 0.280. The highest BCUT2D eigenvalue weighted by atomic mass is 19.4. The summed E-state index contributed by atoms with van der Waals surface area (Å²) in [5, 5.41) is 11.9. The lowest BCUT2D eigenvalue weighted by molar-refractivity contribution is -0.137. The number of carbonyl (C=O) groups is 2. The molecule has 0 heterocycles. The van der Waals surface area contributed by atoms with Crippen LogP contribution >= 0.6 is 0 Å². The van der Waals surface area contributed by atoms with E-state index in [9.17, 15) is 22.8 Å². The Kier molecular flexibility index (Phi) is 6.41. The Hall–Kier alpha value is -2.09. The van der Waals surface area contributed by atoms with Gasteiger partial charge in [0, 0.05) is 11.7 Å². The number of alkyl halides is 3. The lowest BCUT2D eigenvalue weighted by Crippen LogP contribution is -2.45. The highest BCUT2D eigenvalue weighted by Gasteiger charge is 2.31. The summed E-state index contributed by atoms with van der Waals surface area (Å²) in [4.78, 5) is 25.0. The van der Waals surface area contributed by atoms with Crippen LogP contribution < -0.4 is 10.2 Å². The fraction of sp³-hybridized carbons (Fsp3) is 0.529. The molecule has 25 heavy (non-hydrogen) atoms. The standard InChI is InChI=1S/C17H21F3N2O3/c18-17(19,20)12-5-4-8-14(9-12)22(16(25)11-23)10-15(24)21-13-6-2-1-3-7-13/h4-5,8-9,13,23H,1-3,6-7,10-11H2,(H,21,24). The third kappa shape index (κ3) is 5.45. The van der Waals surface area contributed by atoms with Crippen LogP contribution in [0.15, 0.2) is 24.3 Å². The van der Waals surface area contributed by atoms with E-state index in [1.165, 1.54) is 6.07 Å². The van der Waals surface area contributed by atoms with Crippen molar-refractivity contribution in [2.45, 2.75) is 44.3 Å². The van der Waals surface area contributed by atoms with Gasteiger partial charge in [-0.15, -0.1) is 0 Å². The van der Waals surface area contributed by atoms with Crippen LogP contribution in [-0.2, 0) is 15.8 Å². The van der Waals surface area contributed by atoms with Crippen molar-refractivity contribution >= 4 is 17.5 Å². The highest BCUT2D eigenvalue weighted by molar-refractivity contribution is 5.99. The van der Waals surface area contributed by atoms with Crippen LogP contribution in [0.5, 0.6) is 0 Å². The number of hydrogen-bond acceptors (Lipinski definition) is 3. The van der Waals surface area contributed by atoms with E-state index in [-0.39, 0.29) is 11.7 Å². The van der Waals surface area contributed by atoms with E-state index in [2.05, 4.69) is 5.32 Å². The summed E-state index contributed by atoms with van der Waals surface area (Å²) < 4.78 is 38.6. The van der Waals surface area contributed by atoms with Crippen molar-refractivity contribution in [3.05, 3.63) is 29.8 Å². The number of rotatable bonds is 5. The summed E-state index contributed by atoms with van der Waals surface area (Å²) in [7, 11) is 0. The third-order valence-corrected chi connectivity index (χ3v) is 4.19. The fourth-order valence-corrected chi connectivity index (χ4v) is 2.92. The predicted molar refractivity (Wildman–Crippen MR) is 85.9 cm³/mol. The van der Waals surface area contributed by atoms with Gasteiger partial charge in [-0.1, -0.05) is 25.3 Å². The number of amides is 2. The zero-order chi connectivity index (χ0) is 18.4. The molecule has 1 saturated carbocycles. The van der Waals surface area contributed by atoms with E-state index >= 15 is 0 Å². The van der Waals surface area contributed by atoms with Crippen molar-refractivity contribution in [1.82, 2.24) is 5.32 Å². The molecule has 1 aliphatic carbocycles. The lowest BCUT2D eigenvalue weighted by atomic mass is 9.95. The van der Waals surface area contributed by atoms with Crippen LogP contribution in [-0.4, -0.2) is 36.1 Å². The molecule has 1 aliphatic rings. The van der Waals surface area contributed by atoms with Crippen LogP contribution in [0, 0.1) is 0 Å². The van der Waals surface area contributed by atoms with Crippen molar-refractivity contribution in [1.29, 1.82) is 0 Å². The molecule has 0 aromatic heterocycles. The van der Waals surface area contributed by atoms with Crippen molar-refractivity contribution in [2.24, 2.45) is 0 Å².